The van der Waals surface area contributed by atoms with Crippen LogP contribution in [0.25, 0.3) is 0 Å². The first-order valence-electron chi connectivity index (χ1n) is 8.88. The van der Waals surface area contributed by atoms with Gasteiger partial charge in [0.25, 0.3) is 0 Å². The van der Waals surface area contributed by atoms with Crippen molar-refractivity contribution in [2.45, 2.75) is 52.2 Å². The van der Waals surface area contributed by atoms with E-state index in [1.165, 1.54) is 11.1 Å². The topological polar surface area (TPSA) is 70.6 Å². The third-order valence-electron chi connectivity index (χ3n) is 4.07. The number of rotatable bonds is 7. The summed E-state index contributed by atoms with van der Waals surface area (Å²) in [5.74, 6) is 1.05. The molecular weight excluding hydrogens is 334 g/mol. The molecule has 0 spiro atoms. The number of aryl methyl sites for hydroxylation is 1. The second kappa shape index (κ2) is 9.22. The van der Waals surface area contributed by atoms with Crippen molar-refractivity contribution in [3.63, 3.8) is 0 Å². The third kappa shape index (κ3) is 7.06. The molecule has 0 radical (unpaired) electrons. The van der Waals surface area contributed by atoms with Gasteiger partial charge in [0.2, 0.25) is 0 Å². The van der Waals surface area contributed by atoms with Crippen LogP contribution in [0.4, 0.5) is 0 Å². The van der Waals surface area contributed by atoms with Gasteiger partial charge in [0.05, 0.1) is 10.5 Å². The molecule has 1 aromatic carbocycles. The predicted molar refractivity (Wildman–Crippen MR) is 107 cm³/mol. The fourth-order valence-corrected chi connectivity index (χ4v) is 3.25. The molecule has 0 aromatic heterocycles. The maximum absolute atomic E-state index is 12.2. The van der Waals surface area contributed by atoms with Gasteiger partial charge in [0, 0.05) is 25.6 Å². The van der Waals surface area contributed by atoms with Crippen molar-refractivity contribution in [2.24, 2.45) is 4.99 Å². The molecule has 1 unspecified atom stereocenters. The maximum atomic E-state index is 12.2. The zero-order valence-corrected chi connectivity index (χ0v) is 17.2. The highest BCUT2D eigenvalue weighted by Crippen LogP contribution is 2.17. The molecule has 1 rings (SSSR count). The highest BCUT2D eigenvalue weighted by Gasteiger charge is 2.28. The summed E-state index contributed by atoms with van der Waals surface area (Å²) in [5, 5.41) is 6.30. The van der Waals surface area contributed by atoms with Crippen molar-refractivity contribution >= 4 is 15.8 Å². The van der Waals surface area contributed by atoms with Crippen molar-refractivity contribution in [2.75, 3.05) is 25.4 Å². The van der Waals surface area contributed by atoms with Gasteiger partial charge in [-0.3, -0.25) is 4.99 Å². The van der Waals surface area contributed by atoms with E-state index in [-0.39, 0.29) is 5.75 Å². The normalized spacial score (nSPS) is 14.2. The summed E-state index contributed by atoms with van der Waals surface area (Å²) in [7, 11) is -3.13. The van der Waals surface area contributed by atoms with Crippen LogP contribution in [0.2, 0.25) is 0 Å². The SMILES string of the molecule is CCNC(=NCC(C)c1cccc(C)c1)NCCS(=O)(=O)C(C)(C)C. The number of aliphatic imine (C=N–C) groups is 1. The van der Waals surface area contributed by atoms with E-state index in [0.29, 0.717) is 25.0 Å². The van der Waals surface area contributed by atoms with Crippen LogP contribution < -0.4 is 10.6 Å². The van der Waals surface area contributed by atoms with Gasteiger partial charge in [0.15, 0.2) is 15.8 Å². The monoisotopic (exact) mass is 367 g/mol. The smallest absolute Gasteiger partial charge is 0.191 e. The first kappa shape index (κ1) is 21.5. The van der Waals surface area contributed by atoms with Crippen LogP contribution in [0, 0.1) is 6.92 Å². The van der Waals surface area contributed by atoms with E-state index < -0.39 is 14.6 Å². The number of benzene rings is 1. The van der Waals surface area contributed by atoms with Crippen molar-refractivity contribution in [3.8, 4) is 0 Å². The van der Waals surface area contributed by atoms with Gasteiger partial charge >= 0.3 is 0 Å². The molecular formula is C19H33N3O2S. The Kier molecular flexibility index (Phi) is 7.93. The highest BCUT2D eigenvalue weighted by molar-refractivity contribution is 7.92. The Balaban J connectivity index is 2.65. The number of nitrogens with one attached hydrogen (secondary N) is 2. The van der Waals surface area contributed by atoms with E-state index in [4.69, 9.17) is 0 Å². The van der Waals surface area contributed by atoms with Crippen molar-refractivity contribution in [1.82, 2.24) is 10.6 Å². The molecule has 0 aliphatic rings. The van der Waals surface area contributed by atoms with Gasteiger partial charge in [-0.05, 0) is 40.2 Å². The number of guanidine groups is 1. The lowest BCUT2D eigenvalue weighted by molar-refractivity contribution is 0.559. The van der Waals surface area contributed by atoms with E-state index in [1.54, 1.807) is 20.8 Å². The minimum Gasteiger partial charge on any atom is -0.357 e. The number of hydrogen-bond acceptors (Lipinski definition) is 3. The van der Waals surface area contributed by atoms with Gasteiger partial charge in [-0.15, -0.1) is 0 Å². The molecule has 0 fully saturated rings. The molecule has 142 valence electrons. The van der Waals surface area contributed by atoms with Gasteiger partial charge in [0.1, 0.15) is 0 Å². The Hall–Kier alpha value is -1.56. The van der Waals surface area contributed by atoms with Gasteiger partial charge in [-0.25, -0.2) is 8.42 Å². The molecule has 0 heterocycles. The summed E-state index contributed by atoms with van der Waals surface area (Å²) in [6.07, 6.45) is 0. The molecule has 0 bridgehead atoms. The van der Waals surface area contributed by atoms with E-state index in [2.05, 4.69) is 53.7 Å². The summed E-state index contributed by atoms with van der Waals surface area (Å²) >= 11 is 0. The van der Waals surface area contributed by atoms with E-state index >= 15 is 0 Å². The zero-order chi connectivity index (χ0) is 19.1. The van der Waals surface area contributed by atoms with Crippen LogP contribution >= 0.6 is 0 Å². The molecule has 25 heavy (non-hydrogen) atoms. The Bertz CT molecular complexity index is 676. The Morgan fingerprint density at radius 2 is 1.92 bits per heavy atom. The Morgan fingerprint density at radius 1 is 1.24 bits per heavy atom. The van der Waals surface area contributed by atoms with Crippen molar-refractivity contribution in [3.05, 3.63) is 35.4 Å². The third-order valence-corrected chi connectivity index (χ3v) is 6.68. The molecule has 0 aliphatic heterocycles. The first-order chi connectivity index (χ1) is 11.6. The Morgan fingerprint density at radius 3 is 2.48 bits per heavy atom. The lowest BCUT2D eigenvalue weighted by atomic mass is 10.00. The van der Waals surface area contributed by atoms with Gasteiger partial charge < -0.3 is 10.6 Å². The van der Waals surface area contributed by atoms with Crippen LogP contribution in [0.1, 0.15) is 51.7 Å². The van der Waals surface area contributed by atoms with Crippen LogP contribution in [0.3, 0.4) is 0 Å². The quantitative estimate of drug-likeness (QED) is 0.574. The summed E-state index contributed by atoms with van der Waals surface area (Å²) in [5.41, 5.74) is 2.50. The van der Waals surface area contributed by atoms with Crippen LogP contribution in [-0.4, -0.2) is 44.5 Å². The molecule has 5 nitrogen and oxygen atoms in total. The largest absolute Gasteiger partial charge is 0.357 e. The lowest BCUT2D eigenvalue weighted by Gasteiger charge is -2.20. The van der Waals surface area contributed by atoms with Gasteiger partial charge in [-0.1, -0.05) is 36.8 Å². The van der Waals surface area contributed by atoms with Gasteiger partial charge in [-0.2, -0.15) is 0 Å². The molecule has 0 aliphatic carbocycles. The molecule has 6 heteroatoms. The van der Waals surface area contributed by atoms with E-state index in [9.17, 15) is 8.42 Å². The van der Waals surface area contributed by atoms with Crippen molar-refractivity contribution in [1.29, 1.82) is 0 Å². The summed E-state index contributed by atoms with van der Waals surface area (Å²) in [6.45, 7) is 13.1. The second-order valence-electron chi connectivity index (χ2n) is 7.39. The first-order valence-corrected chi connectivity index (χ1v) is 10.5. The fraction of sp³-hybridized carbons (Fsp3) is 0.632. The lowest BCUT2D eigenvalue weighted by Crippen LogP contribution is -2.42. The van der Waals surface area contributed by atoms with Crippen LogP contribution in [-0.2, 0) is 9.84 Å². The average molecular weight is 368 g/mol. The molecule has 1 aromatic rings. The van der Waals surface area contributed by atoms with E-state index in [1.807, 2.05) is 6.92 Å². The summed E-state index contributed by atoms with van der Waals surface area (Å²) in [4.78, 5) is 4.60. The number of sulfone groups is 1. The highest BCUT2D eigenvalue weighted by atomic mass is 32.2. The fourth-order valence-electron chi connectivity index (χ4n) is 2.26. The number of nitrogens with zero attached hydrogens (tertiary/aromatic N) is 1. The minimum absolute atomic E-state index is 0.0916. The molecule has 0 saturated carbocycles. The zero-order valence-electron chi connectivity index (χ0n) is 16.4. The Labute approximate surface area is 153 Å². The van der Waals surface area contributed by atoms with Crippen LogP contribution in [0.5, 0.6) is 0 Å². The molecule has 1 atom stereocenters. The van der Waals surface area contributed by atoms with Crippen molar-refractivity contribution < 1.29 is 8.42 Å². The standard InChI is InChI=1S/C19H33N3O2S/c1-7-20-18(21-11-12-25(23,24)19(4,5)6)22-14-16(3)17-10-8-9-15(2)13-17/h8-10,13,16H,7,11-12,14H2,1-6H3,(H2,20,21,22). The molecule has 0 amide bonds. The molecule has 0 saturated heterocycles. The minimum atomic E-state index is -3.13. The summed E-state index contributed by atoms with van der Waals surface area (Å²) in [6, 6.07) is 8.44. The number of hydrogen-bond donors (Lipinski definition) is 2. The van der Waals surface area contributed by atoms with Crippen LogP contribution in [0.15, 0.2) is 29.3 Å². The average Bonchev–Trinajstić information content (AvgIpc) is 2.51. The predicted octanol–water partition coefficient (Wildman–Crippen LogP) is 2.87. The van der Waals surface area contributed by atoms with E-state index in [0.717, 1.165) is 6.54 Å². The molecule has 2 N–H and O–H groups in total. The second-order valence-corrected chi connectivity index (χ2v) is 10.3. The maximum Gasteiger partial charge on any atom is 0.191 e. The summed E-state index contributed by atoms with van der Waals surface area (Å²) < 4.78 is 23.6.